The Balaban J connectivity index is 1.94. The molecule has 0 saturated carbocycles. The van der Waals surface area contributed by atoms with Crippen molar-refractivity contribution in [2.24, 2.45) is 0 Å². The number of aryl methyl sites for hydroxylation is 1. The van der Waals surface area contributed by atoms with Gasteiger partial charge in [0.05, 0.1) is 20.8 Å². The van der Waals surface area contributed by atoms with Crippen molar-refractivity contribution < 1.29 is 28.2 Å². The largest absolute Gasteiger partial charge is 0.497 e. The van der Waals surface area contributed by atoms with Crippen LogP contribution in [-0.4, -0.2) is 32.7 Å². The molecule has 33 heavy (non-hydrogen) atoms. The number of rotatable bonds is 8. The monoisotopic (exact) mass is 469 g/mol. The molecule has 3 aromatic rings. The van der Waals surface area contributed by atoms with E-state index in [4.69, 9.17) is 14.2 Å². The molecule has 1 aromatic heterocycles. The Labute approximate surface area is 195 Å². The molecule has 1 amide bonds. The average Bonchev–Trinajstić information content (AvgIpc) is 3.13. The van der Waals surface area contributed by atoms with Crippen LogP contribution in [0.25, 0.3) is 17.2 Å². The van der Waals surface area contributed by atoms with E-state index >= 15 is 0 Å². The summed E-state index contributed by atoms with van der Waals surface area (Å²) in [5.74, 6) is -0.167. The number of benzene rings is 2. The number of ether oxygens (including phenoxy) is 3. The minimum Gasteiger partial charge on any atom is -0.497 e. The van der Waals surface area contributed by atoms with Crippen molar-refractivity contribution in [2.75, 3.05) is 26.1 Å². The lowest BCUT2D eigenvalue weighted by Gasteiger charge is -2.09. The highest BCUT2D eigenvalue weighted by Gasteiger charge is 2.25. The smallest absolute Gasteiger partial charge is 0.341 e. The van der Waals surface area contributed by atoms with E-state index in [0.29, 0.717) is 33.2 Å². The zero-order valence-corrected chi connectivity index (χ0v) is 19.5. The van der Waals surface area contributed by atoms with Gasteiger partial charge in [-0.05, 0) is 55.8 Å². The van der Waals surface area contributed by atoms with Crippen molar-refractivity contribution in [1.82, 2.24) is 0 Å². The molecule has 0 aliphatic heterocycles. The SMILES string of the molecule is CCOC(=O)c1c(NC(=O)/C=C/c2cc(OC)ccc2OC)sc(C)c1-c1ccc(F)cc1. The molecular weight excluding hydrogens is 445 g/mol. The lowest BCUT2D eigenvalue weighted by Crippen LogP contribution is -2.12. The number of hydrogen-bond acceptors (Lipinski definition) is 6. The van der Waals surface area contributed by atoms with Crippen LogP contribution in [0.15, 0.2) is 48.5 Å². The number of amides is 1. The van der Waals surface area contributed by atoms with Gasteiger partial charge in [0.2, 0.25) is 5.91 Å². The van der Waals surface area contributed by atoms with E-state index in [2.05, 4.69) is 5.32 Å². The number of methoxy groups -OCH3 is 2. The Morgan fingerprint density at radius 2 is 1.82 bits per heavy atom. The van der Waals surface area contributed by atoms with Crippen LogP contribution in [0.1, 0.15) is 27.7 Å². The summed E-state index contributed by atoms with van der Waals surface area (Å²) in [5, 5.41) is 3.13. The van der Waals surface area contributed by atoms with E-state index in [-0.39, 0.29) is 18.0 Å². The first kappa shape index (κ1) is 24.0. The molecule has 0 aliphatic carbocycles. The number of hydrogen-bond donors (Lipinski definition) is 1. The maximum atomic E-state index is 13.4. The summed E-state index contributed by atoms with van der Waals surface area (Å²) in [6, 6.07) is 11.1. The first-order chi connectivity index (χ1) is 15.9. The third-order valence-electron chi connectivity index (χ3n) is 4.78. The van der Waals surface area contributed by atoms with Crippen LogP contribution in [0.4, 0.5) is 9.39 Å². The minimum atomic E-state index is -0.560. The molecule has 1 heterocycles. The summed E-state index contributed by atoms with van der Waals surface area (Å²) in [4.78, 5) is 26.3. The molecule has 3 rings (SSSR count). The predicted molar refractivity (Wildman–Crippen MR) is 128 cm³/mol. The highest BCUT2D eigenvalue weighted by molar-refractivity contribution is 7.17. The van der Waals surface area contributed by atoms with Crippen LogP contribution in [-0.2, 0) is 9.53 Å². The molecule has 0 saturated heterocycles. The minimum absolute atomic E-state index is 0.180. The zero-order chi connectivity index (χ0) is 24.0. The quantitative estimate of drug-likeness (QED) is 0.338. The first-order valence-electron chi connectivity index (χ1n) is 10.2. The van der Waals surface area contributed by atoms with Gasteiger partial charge in [-0.25, -0.2) is 9.18 Å². The van der Waals surface area contributed by atoms with Crippen molar-refractivity contribution in [3.8, 4) is 22.6 Å². The predicted octanol–water partition coefficient (Wildman–Crippen LogP) is 5.71. The van der Waals surface area contributed by atoms with Crippen molar-refractivity contribution in [2.45, 2.75) is 13.8 Å². The molecular formula is C25H24FNO5S. The molecule has 6 nitrogen and oxygen atoms in total. The zero-order valence-electron chi connectivity index (χ0n) is 18.7. The normalized spacial score (nSPS) is 10.8. The van der Waals surface area contributed by atoms with Gasteiger partial charge >= 0.3 is 5.97 Å². The summed E-state index contributed by atoms with van der Waals surface area (Å²) in [5.41, 5.74) is 2.16. The van der Waals surface area contributed by atoms with Crippen molar-refractivity contribution in [3.05, 3.63) is 70.4 Å². The second-order valence-corrected chi connectivity index (χ2v) is 8.12. The van der Waals surface area contributed by atoms with Crippen LogP contribution in [0.2, 0.25) is 0 Å². The summed E-state index contributed by atoms with van der Waals surface area (Å²) < 4.78 is 29.2. The Morgan fingerprint density at radius 1 is 1.09 bits per heavy atom. The van der Waals surface area contributed by atoms with Gasteiger partial charge in [-0.2, -0.15) is 0 Å². The fourth-order valence-electron chi connectivity index (χ4n) is 3.28. The van der Waals surface area contributed by atoms with Crippen molar-refractivity contribution in [1.29, 1.82) is 0 Å². The van der Waals surface area contributed by atoms with E-state index in [9.17, 15) is 14.0 Å². The molecule has 0 unspecified atom stereocenters. The van der Waals surface area contributed by atoms with E-state index < -0.39 is 11.9 Å². The van der Waals surface area contributed by atoms with Gasteiger partial charge in [-0.3, -0.25) is 4.79 Å². The van der Waals surface area contributed by atoms with Crippen LogP contribution in [0, 0.1) is 12.7 Å². The van der Waals surface area contributed by atoms with E-state index in [1.54, 1.807) is 50.4 Å². The van der Waals surface area contributed by atoms with E-state index in [0.717, 1.165) is 4.88 Å². The lowest BCUT2D eigenvalue weighted by molar-refractivity contribution is -0.111. The Hall–Kier alpha value is -3.65. The topological polar surface area (TPSA) is 73.9 Å². The molecule has 0 radical (unpaired) electrons. The summed E-state index contributed by atoms with van der Waals surface area (Å²) in [6.45, 7) is 3.72. The van der Waals surface area contributed by atoms with Crippen LogP contribution < -0.4 is 14.8 Å². The van der Waals surface area contributed by atoms with Gasteiger partial charge in [-0.15, -0.1) is 11.3 Å². The van der Waals surface area contributed by atoms with Crippen LogP contribution in [0.5, 0.6) is 11.5 Å². The van der Waals surface area contributed by atoms with Crippen molar-refractivity contribution in [3.63, 3.8) is 0 Å². The number of halogens is 1. The van der Waals surface area contributed by atoms with Gasteiger partial charge in [-0.1, -0.05) is 12.1 Å². The van der Waals surface area contributed by atoms with Crippen LogP contribution >= 0.6 is 11.3 Å². The fraction of sp³-hybridized carbons (Fsp3) is 0.200. The standard InChI is InChI=1S/C25H24FNO5S/c1-5-32-25(29)23-22(16-6-9-18(26)10-7-16)15(2)33-24(23)27-21(28)13-8-17-14-19(30-3)11-12-20(17)31-4/h6-14H,5H2,1-4H3,(H,27,28)/b13-8+. The molecule has 8 heteroatoms. The molecule has 1 N–H and O–H groups in total. The van der Waals surface area contributed by atoms with Gasteiger partial charge in [0.15, 0.2) is 0 Å². The molecule has 0 aliphatic rings. The molecule has 0 fully saturated rings. The molecule has 0 atom stereocenters. The molecule has 0 bridgehead atoms. The number of nitrogens with one attached hydrogen (secondary N) is 1. The first-order valence-corrected chi connectivity index (χ1v) is 11.0. The van der Waals surface area contributed by atoms with Crippen LogP contribution in [0.3, 0.4) is 0 Å². The van der Waals surface area contributed by atoms with Gasteiger partial charge in [0.1, 0.15) is 27.9 Å². The summed E-state index contributed by atoms with van der Waals surface area (Å²) in [7, 11) is 3.09. The van der Waals surface area contributed by atoms with Gasteiger partial charge in [0.25, 0.3) is 0 Å². The maximum absolute atomic E-state index is 13.4. The van der Waals surface area contributed by atoms with Crippen molar-refractivity contribution >= 4 is 34.3 Å². The Morgan fingerprint density at radius 3 is 2.45 bits per heavy atom. The maximum Gasteiger partial charge on any atom is 0.341 e. The third kappa shape index (κ3) is 5.59. The number of esters is 1. The Kier molecular flexibility index (Phi) is 7.84. The molecule has 0 spiro atoms. The second kappa shape index (κ2) is 10.8. The number of thiophene rings is 1. The highest BCUT2D eigenvalue weighted by Crippen LogP contribution is 2.40. The summed E-state index contributed by atoms with van der Waals surface area (Å²) >= 11 is 1.25. The van der Waals surface area contributed by atoms with Gasteiger partial charge in [0, 0.05) is 22.1 Å². The second-order valence-electron chi connectivity index (χ2n) is 6.90. The van der Waals surface area contributed by atoms with E-state index in [1.807, 2.05) is 6.92 Å². The Bertz CT molecular complexity index is 1180. The van der Waals surface area contributed by atoms with Gasteiger partial charge < -0.3 is 19.5 Å². The number of anilines is 1. The highest BCUT2D eigenvalue weighted by atomic mass is 32.1. The average molecular weight is 470 g/mol. The third-order valence-corrected chi connectivity index (χ3v) is 5.81. The number of carbonyl (C=O) groups is 2. The number of carbonyl (C=O) groups excluding carboxylic acids is 2. The molecule has 2 aromatic carbocycles. The fourth-order valence-corrected chi connectivity index (χ4v) is 4.35. The summed E-state index contributed by atoms with van der Waals surface area (Å²) in [6.07, 6.45) is 2.95. The van der Waals surface area contributed by atoms with E-state index in [1.165, 1.54) is 36.7 Å². The molecule has 172 valence electrons. The lowest BCUT2D eigenvalue weighted by atomic mass is 10.0.